The molecule has 1 aromatic heterocycles. The van der Waals surface area contributed by atoms with Crippen molar-refractivity contribution in [2.24, 2.45) is 20.0 Å². The van der Waals surface area contributed by atoms with E-state index in [-0.39, 0.29) is 11.8 Å². The van der Waals surface area contributed by atoms with Crippen LogP contribution in [0.2, 0.25) is 0 Å². The van der Waals surface area contributed by atoms with Crippen molar-refractivity contribution < 1.29 is 4.79 Å². The first-order valence-electron chi connectivity index (χ1n) is 9.27. The van der Waals surface area contributed by atoms with Crippen LogP contribution in [0.25, 0.3) is 11.0 Å². The normalized spacial score (nSPS) is 17.5. The number of anilines is 2. The van der Waals surface area contributed by atoms with Gasteiger partial charge in [-0.2, -0.15) is 0 Å². The van der Waals surface area contributed by atoms with Gasteiger partial charge in [0.15, 0.2) is 0 Å². The number of nitrogens with one attached hydrogen (secondary N) is 1. The zero-order valence-corrected chi connectivity index (χ0v) is 15.2. The van der Waals surface area contributed by atoms with E-state index in [9.17, 15) is 14.4 Å². The number of aryl methyl sites for hydroxylation is 2. The lowest BCUT2D eigenvalue weighted by Crippen LogP contribution is -2.39. The minimum Gasteiger partial charge on any atom is -0.370 e. The Morgan fingerprint density at radius 2 is 1.54 bits per heavy atom. The Labute approximate surface area is 151 Å². The lowest BCUT2D eigenvalue weighted by Gasteiger charge is -2.31. The monoisotopic (exact) mass is 356 g/mol. The highest BCUT2D eigenvalue weighted by Gasteiger charge is 2.30. The van der Waals surface area contributed by atoms with Crippen molar-refractivity contribution in [1.29, 1.82) is 0 Å². The van der Waals surface area contributed by atoms with E-state index in [0.29, 0.717) is 11.0 Å². The van der Waals surface area contributed by atoms with E-state index >= 15 is 0 Å². The number of hydrogen-bond acceptors (Lipinski definition) is 4. The Hall–Kier alpha value is -2.57. The third-order valence-electron chi connectivity index (χ3n) is 5.51. The summed E-state index contributed by atoms with van der Waals surface area (Å²) in [6, 6.07) is 3.77. The van der Waals surface area contributed by atoms with Crippen LogP contribution in [-0.4, -0.2) is 28.1 Å². The molecule has 0 bridgehead atoms. The van der Waals surface area contributed by atoms with Crippen LogP contribution in [0, 0.1) is 5.92 Å². The number of rotatable bonds is 3. The van der Waals surface area contributed by atoms with Gasteiger partial charge in [-0.15, -0.1) is 0 Å². The molecule has 2 aliphatic rings. The summed E-state index contributed by atoms with van der Waals surface area (Å²) in [5, 5.41) is 3.06. The average molecular weight is 356 g/mol. The SMILES string of the molecule is Cn1c(=O)c(=O)n(C)c2cc(N3CCCCC3)c(NC(=O)C3CC3)cc21. The van der Waals surface area contributed by atoms with Crippen molar-refractivity contribution >= 4 is 28.3 Å². The summed E-state index contributed by atoms with van der Waals surface area (Å²) in [4.78, 5) is 39.0. The van der Waals surface area contributed by atoms with E-state index in [1.165, 1.54) is 15.6 Å². The number of aromatic nitrogens is 2. The van der Waals surface area contributed by atoms with Gasteiger partial charge in [-0.3, -0.25) is 14.4 Å². The van der Waals surface area contributed by atoms with Gasteiger partial charge in [-0.25, -0.2) is 0 Å². The van der Waals surface area contributed by atoms with Gasteiger partial charge >= 0.3 is 11.1 Å². The van der Waals surface area contributed by atoms with Crippen LogP contribution in [0.1, 0.15) is 32.1 Å². The molecule has 4 rings (SSSR count). The van der Waals surface area contributed by atoms with Gasteiger partial charge in [0, 0.05) is 33.1 Å². The number of amides is 1. The topological polar surface area (TPSA) is 76.3 Å². The molecule has 0 atom stereocenters. The summed E-state index contributed by atoms with van der Waals surface area (Å²) >= 11 is 0. The summed E-state index contributed by atoms with van der Waals surface area (Å²) in [6.45, 7) is 1.86. The summed E-state index contributed by atoms with van der Waals surface area (Å²) < 4.78 is 2.77. The molecule has 0 spiro atoms. The van der Waals surface area contributed by atoms with Crippen LogP contribution in [0.5, 0.6) is 0 Å². The maximum Gasteiger partial charge on any atom is 0.316 e. The Balaban J connectivity index is 1.91. The van der Waals surface area contributed by atoms with Gasteiger partial charge in [0.05, 0.1) is 22.4 Å². The van der Waals surface area contributed by atoms with Crippen molar-refractivity contribution in [2.75, 3.05) is 23.3 Å². The van der Waals surface area contributed by atoms with Crippen LogP contribution in [0.15, 0.2) is 21.7 Å². The summed E-state index contributed by atoms with van der Waals surface area (Å²) in [5.41, 5.74) is 1.89. The maximum absolute atomic E-state index is 12.4. The lowest BCUT2D eigenvalue weighted by atomic mass is 10.1. The predicted octanol–water partition coefficient (Wildman–Crippen LogP) is 1.58. The van der Waals surface area contributed by atoms with Gasteiger partial charge in [0.2, 0.25) is 5.91 Å². The molecule has 1 aliphatic carbocycles. The number of nitrogens with zero attached hydrogens (tertiary/aromatic N) is 3. The number of fused-ring (bicyclic) bond motifs is 1. The number of hydrogen-bond donors (Lipinski definition) is 1. The van der Waals surface area contributed by atoms with Crippen molar-refractivity contribution in [3.8, 4) is 0 Å². The molecule has 1 aliphatic heterocycles. The highest BCUT2D eigenvalue weighted by atomic mass is 16.2. The maximum atomic E-state index is 12.4. The van der Waals surface area contributed by atoms with Crippen LogP contribution in [0.3, 0.4) is 0 Å². The third-order valence-corrected chi connectivity index (χ3v) is 5.51. The minimum absolute atomic E-state index is 0.0393. The molecule has 1 aromatic carbocycles. The molecule has 138 valence electrons. The van der Waals surface area contributed by atoms with E-state index in [2.05, 4.69) is 10.2 Å². The Morgan fingerprint density at radius 3 is 2.12 bits per heavy atom. The number of carbonyl (C=O) groups excluding carboxylic acids is 1. The molecule has 1 N–H and O–H groups in total. The Morgan fingerprint density at radius 1 is 0.962 bits per heavy atom. The van der Waals surface area contributed by atoms with Gasteiger partial charge < -0.3 is 19.4 Å². The molecule has 0 unspecified atom stereocenters. The smallest absolute Gasteiger partial charge is 0.316 e. The zero-order chi connectivity index (χ0) is 18.4. The van der Waals surface area contributed by atoms with Gasteiger partial charge in [0.1, 0.15) is 0 Å². The van der Waals surface area contributed by atoms with Crippen LogP contribution >= 0.6 is 0 Å². The summed E-state index contributed by atoms with van der Waals surface area (Å²) in [5.74, 6) is 0.140. The molecule has 7 heteroatoms. The second kappa shape index (κ2) is 6.30. The molecule has 2 fully saturated rings. The molecule has 7 nitrogen and oxygen atoms in total. The molecule has 2 aromatic rings. The molecule has 2 heterocycles. The second-order valence-electron chi connectivity index (χ2n) is 7.40. The van der Waals surface area contributed by atoms with E-state index in [4.69, 9.17) is 0 Å². The van der Waals surface area contributed by atoms with Crippen molar-refractivity contribution in [3.05, 3.63) is 32.8 Å². The van der Waals surface area contributed by atoms with E-state index in [1.807, 2.05) is 12.1 Å². The fourth-order valence-corrected chi connectivity index (χ4v) is 3.69. The second-order valence-corrected chi connectivity index (χ2v) is 7.40. The largest absolute Gasteiger partial charge is 0.370 e. The quantitative estimate of drug-likeness (QED) is 0.847. The number of carbonyl (C=O) groups is 1. The number of benzene rings is 1. The van der Waals surface area contributed by atoms with Crippen LogP contribution < -0.4 is 21.3 Å². The minimum atomic E-state index is -0.565. The van der Waals surface area contributed by atoms with Gasteiger partial charge in [-0.1, -0.05) is 0 Å². The molecule has 0 radical (unpaired) electrons. The molecule has 1 saturated carbocycles. The molecule has 1 saturated heterocycles. The molecule has 26 heavy (non-hydrogen) atoms. The first kappa shape index (κ1) is 16.9. The van der Waals surface area contributed by atoms with Gasteiger partial charge in [-0.05, 0) is 44.2 Å². The first-order chi connectivity index (χ1) is 12.5. The standard InChI is InChI=1S/C19H24N4O3/c1-21-15-10-13(20-17(24)12-6-7-12)14(23-8-4-3-5-9-23)11-16(15)22(2)19(26)18(21)25/h10-12H,3-9H2,1-2H3,(H,20,24). The summed E-state index contributed by atoms with van der Waals surface area (Å²) in [7, 11) is 3.22. The van der Waals surface area contributed by atoms with Crippen LogP contribution in [0.4, 0.5) is 11.4 Å². The molecular weight excluding hydrogens is 332 g/mol. The Kier molecular flexibility index (Phi) is 4.09. The third kappa shape index (κ3) is 2.81. The van der Waals surface area contributed by atoms with Gasteiger partial charge in [0.25, 0.3) is 0 Å². The molecule has 1 amide bonds. The van der Waals surface area contributed by atoms with E-state index in [1.54, 1.807) is 14.1 Å². The van der Waals surface area contributed by atoms with E-state index < -0.39 is 11.1 Å². The average Bonchev–Trinajstić information content (AvgIpc) is 3.50. The fraction of sp³-hybridized carbons (Fsp3) is 0.526. The zero-order valence-electron chi connectivity index (χ0n) is 15.2. The lowest BCUT2D eigenvalue weighted by molar-refractivity contribution is -0.117. The van der Waals surface area contributed by atoms with E-state index in [0.717, 1.165) is 50.1 Å². The van der Waals surface area contributed by atoms with Crippen LogP contribution in [-0.2, 0) is 18.9 Å². The summed E-state index contributed by atoms with van der Waals surface area (Å²) in [6.07, 6.45) is 5.30. The predicted molar refractivity (Wildman–Crippen MR) is 102 cm³/mol. The highest BCUT2D eigenvalue weighted by Crippen LogP contribution is 2.35. The molecular formula is C19H24N4O3. The van der Waals surface area contributed by atoms with Crippen molar-refractivity contribution in [2.45, 2.75) is 32.1 Å². The van der Waals surface area contributed by atoms with Crippen molar-refractivity contribution in [3.63, 3.8) is 0 Å². The Bertz CT molecular complexity index is 994. The highest BCUT2D eigenvalue weighted by molar-refractivity contribution is 6.00. The fourth-order valence-electron chi connectivity index (χ4n) is 3.69. The number of piperidine rings is 1. The van der Waals surface area contributed by atoms with Crippen molar-refractivity contribution in [1.82, 2.24) is 9.13 Å². The first-order valence-corrected chi connectivity index (χ1v) is 9.27.